The monoisotopic (exact) mass is 346 g/mol. The Morgan fingerprint density at radius 3 is 2.23 bits per heavy atom. The first-order chi connectivity index (χ1) is 10.4. The van der Waals surface area contributed by atoms with E-state index in [1.807, 2.05) is 6.92 Å². The summed E-state index contributed by atoms with van der Waals surface area (Å²) in [5.74, 6) is 0.548. The number of unbranched alkanes of at least 4 members (excludes halogenated alkanes) is 5. The van der Waals surface area contributed by atoms with Gasteiger partial charge in [-0.1, -0.05) is 50.8 Å². The molecule has 0 rings (SSSR count). The maximum atomic E-state index is 11.8. The average Bonchev–Trinajstić information content (AvgIpc) is 2.46. The van der Waals surface area contributed by atoms with Crippen LogP contribution in [0.1, 0.15) is 65.2 Å². The van der Waals surface area contributed by atoms with Gasteiger partial charge in [-0.25, -0.2) is 0 Å². The van der Waals surface area contributed by atoms with Crippen LogP contribution in [-0.2, 0) is 14.0 Å². The van der Waals surface area contributed by atoms with Crippen LogP contribution < -0.4 is 0 Å². The fourth-order valence-corrected chi connectivity index (χ4v) is 5.32. The van der Waals surface area contributed by atoms with Crippen LogP contribution in [0.5, 0.6) is 0 Å². The van der Waals surface area contributed by atoms with Gasteiger partial charge in [0.15, 0.2) is 8.32 Å². The van der Waals surface area contributed by atoms with Gasteiger partial charge in [-0.2, -0.15) is 0 Å². The van der Waals surface area contributed by atoms with Crippen LogP contribution >= 0.6 is 11.8 Å². The van der Waals surface area contributed by atoms with Gasteiger partial charge < -0.3 is 4.43 Å². The van der Waals surface area contributed by atoms with Crippen molar-refractivity contribution in [3.05, 3.63) is 0 Å². The Labute approximate surface area is 142 Å². The van der Waals surface area contributed by atoms with Crippen LogP contribution in [0, 0.1) is 0 Å². The summed E-state index contributed by atoms with van der Waals surface area (Å²) in [7, 11) is -1.55. The second-order valence-corrected chi connectivity index (χ2v) is 11.7. The molecule has 0 spiro atoms. The van der Waals surface area contributed by atoms with Crippen molar-refractivity contribution >= 4 is 31.0 Å². The minimum absolute atomic E-state index is 0.193. The summed E-state index contributed by atoms with van der Waals surface area (Å²) in [5.41, 5.74) is 0. The number of hydrogen-bond donors (Lipinski definition) is 0. The molecule has 0 bridgehead atoms. The lowest BCUT2D eigenvalue weighted by Crippen LogP contribution is -2.30. The third-order valence-corrected chi connectivity index (χ3v) is 7.29. The first kappa shape index (κ1) is 21.9. The van der Waals surface area contributed by atoms with Crippen molar-refractivity contribution < 1.29 is 14.0 Å². The van der Waals surface area contributed by atoms with Crippen molar-refractivity contribution in [3.63, 3.8) is 0 Å². The van der Waals surface area contributed by atoms with Gasteiger partial charge in [0.1, 0.15) is 0 Å². The van der Waals surface area contributed by atoms with Crippen molar-refractivity contribution in [3.8, 4) is 0 Å². The van der Waals surface area contributed by atoms with E-state index in [0.29, 0.717) is 6.42 Å². The van der Waals surface area contributed by atoms with Gasteiger partial charge in [-0.3, -0.25) is 9.59 Å². The molecule has 0 radical (unpaired) electrons. The summed E-state index contributed by atoms with van der Waals surface area (Å²) in [6.07, 6.45) is 8.24. The molecule has 0 saturated carbocycles. The van der Waals surface area contributed by atoms with Gasteiger partial charge in [0.25, 0.3) is 5.12 Å². The lowest BCUT2D eigenvalue weighted by Gasteiger charge is -2.21. The Hall–Kier alpha value is -0.133. The highest BCUT2D eigenvalue weighted by molar-refractivity contribution is 8.15. The number of carbonyl (C=O) groups excluding carboxylic acids is 2. The summed E-state index contributed by atoms with van der Waals surface area (Å²) in [6.45, 7) is 9.38. The number of Topliss-reactive ketones (excluding diaryl/α,β-unsaturated/α-hetero) is 1. The molecule has 0 N–H and O–H groups in total. The fraction of sp³-hybridized carbons (Fsp3) is 0.882. The Balaban J connectivity index is 3.64. The summed E-state index contributed by atoms with van der Waals surface area (Å²) in [4.78, 5) is 23.5. The summed E-state index contributed by atoms with van der Waals surface area (Å²) in [6, 6.07) is 1.05. The van der Waals surface area contributed by atoms with Crippen LogP contribution in [0.3, 0.4) is 0 Å². The van der Waals surface area contributed by atoms with Gasteiger partial charge >= 0.3 is 0 Å². The molecule has 0 aliphatic carbocycles. The minimum Gasteiger partial charge on any atom is -0.418 e. The van der Waals surface area contributed by atoms with E-state index >= 15 is 0 Å². The second kappa shape index (κ2) is 13.3. The molecule has 0 amide bonds. The molecule has 0 fully saturated rings. The predicted molar refractivity (Wildman–Crippen MR) is 99.0 cm³/mol. The van der Waals surface area contributed by atoms with Gasteiger partial charge in [0.05, 0.1) is 0 Å². The lowest BCUT2D eigenvalue weighted by molar-refractivity contribution is -0.131. The summed E-state index contributed by atoms with van der Waals surface area (Å²) in [5, 5.41) is -0.246. The van der Waals surface area contributed by atoms with Gasteiger partial charge in [0.2, 0.25) is 5.78 Å². The fourth-order valence-electron chi connectivity index (χ4n) is 2.37. The highest BCUT2D eigenvalue weighted by Gasteiger charge is 2.21. The molecule has 0 heterocycles. The molecular weight excluding hydrogens is 312 g/mol. The number of hydrogen-bond acceptors (Lipinski definition) is 4. The van der Waals surface area contributed by atoms with Crippen molar-refractivity contribution in [2.24, 2.45) is 0 Å². The molecule has 22 heavy (non-hydrogen) atoms. The van der Waals surface area contributed by atoms with E-state index in [-0.39, 0.29) is 10.9 Å². The van der Waals surface area contributed by atoms with E-state index in [0.717, 1.165) is 37.7 Å². The molecule has 0 aromatic carbocycles. The van der Waals surface area contributed by atoms with E-state index < -0.39 is 8.32 Å². The molecule has 0 aromatic rings. The zero-order valence-corrected chi connectivity index (χ0v) is 16.7. The molecule has 0 unspecified atom stereocenters. The van der Waals surface area contributed by atoms with Crippen molar-refractivity contribution in [2.75, 3.05) is 12.4 Å². The summed E-state index contributed by atoms with van der Waals surface area (Å²) < 4.78 is 5.75. The molecule has 0 atom stereocenters. The van der Waals surface area contributed by atoms with E-state index in [4.69, 9.17) is 4.43 Å². The van der Waals surface area contributed by atoms with Crippen molar-refractivity contribution in [1.29, 1.82) is 0 Å². The number of rotatable bonds is 14. The van der Waals surface area contributed by atoms with Crippen LogP contribution in [-0.4, -0.2) is 31.6 Å². The standard InChI is InChI=1S/C17H34O3SSi/c1-5-7-8-9-10-11-13-16(18)17(19)21-14-12-15-22(3,4)20-6-2/h5-15H2,1-4H3. The maximum absolute atomic E-state index is 11.8. The molecule has 0 saturated heterocycles. The van der Waals surface area contributed by atoms with Crippen molar-refractivity contribution in [1.82, 2.24) is 0 Å². The molecule has 0 aliphatic heterocycles. The van der Waals surface area contributed by atoms with Crippen LogP contribution in [0.4, 0.5) is 0 Å². The van der Waals surface area contributed by atoms with Gasteiger partial charge in [0, 0.05) is 18.8 Å². The average molecular weight is 347 g/mol. The lowest BCUT2D eigenvalue weighted by atomic mass is 10.1. The number of carbonyl (C=O) groups is 2. The molecular formula is C17H34O3SSi. The Morgan fingerprint density at radius 2 is 1.59 bits per heavy atom. The highest BCUT2D eigenvalue weighted by Crippen LogP contribution is 2.17. The van der Waals surface area contributed by atoms with Crippen LogP contribution in [0.25, 0.3) is 0 Å². The first-order valence-corrected chi connectivity index (χ1v) is 12.9. The molecule has 0 aromatic heterocycles. The zero-order chi connectivity index (χ0) is 16.8. The van der Waals surface area contributed by atoms with Crippen molar-refractivity contribution in [2.45, 2.75) is 84.4 Å². The van der Waals surface area contributed by atoms with Crippen LogP contribution in [0.2, 0.25) is 19.1 Å². The van der Waals surface area contributed by atoms with E-state index in [1.165, 1.54) is 37.4 Å². The maximum Gasteiger partial charge on any atom is 0.254 e. The third-order valence-electron chi connectivity index (χ3n) is 3.68. The van der Waals surface area contributed by atoms with Gasteiger partial charge in [-0.15, -0.1) is 0 Å². The SMILES string of the molecule is CCCCCCCCC(=O)C(=O)SCCC[Si](C)(C)OCC. The Bertz CT molecular complexity index is 319. The quantitative estimate of drug-likeness (QED) is 0.246. The van der Waals surface area contributed by atoms with E-state index in [1.54, 1.807) is 0 Å². The normalized spacial score (nSPS) is 11.6. The van der Waals surface area contributed by atoms with E-state index in [9.17, 15) is 9.59 Å². The Kier molecular flexibility index (Phi) is 13.2. The molecule has 0 aliphatic rings. The first-order valence-electron chi connectivity index (χ1n) is 8.77. The van der Waals surface area contributed by atoms with Gasteiger partial charge in [-0.05, 0) is 38.9 Å². The molecule has 130 valence electrons. The minimum atomic E-state index is -1.55. The summed E-state index contributed by atoms with van der Waals surface area (Å²) >= 11 is 1.19. The third kappa shape index (κ3) is 12.4. The van der Waals surface area contributed by atoms with Crippen LogP contribution in [0.15, 0.2) is 0 Å². The second-order valence-electron chi connectivity index (χ2n) is 6.37. The molecule has 3 nitrogen and oxygen atoms in total. The highest BCUT2D eigenvalue weighted by atomic mass is 32.2. The molecule has 5 heteroatoms. The smallest absolute Gasteiger partial charge is 0.254 e. The number of ketones is 1. The number of thioether (sulfide) groups is 1. The zero-order valence-electron chi connectivity index (χ0n) is 14.9. The Morgan fingerprint density at radius 1 is 0.955 bits per heavy atom. The predicted octanol–water partition coefficient (Wildman–Crippen LogP) is 5.20. The largest absolute Gasteiger partial charge is 0.418 e. The van der Waals surface area contributed by atoms with E-state index in [2.05, 4.69) is 20.0 Å². The topological polar surface area (TPSA) is 43.4 Å².